The highest BCUT2D eigenvalue weighted by Crippen LogP contribution is 2.20. The van der Waals surface area contributed by atoms with Crippen LogP contribution in [-0.2, 0) is 14.3 Å². The first-order valence-corrected chi connectivity index (χ1v) is 8.99. The first-order chi connectivity index (χ1) is 13.6. The minimum atomic E-state index is -0.560. The molecule has 1 aromatic heterocycles. The Morgan fingerprint density at radius 3 is 2.46 bits per heavy atom. The normalized spacial score (nSPS) is 13.1. The van der Waals surface area contributed by atoms with Crippen LogP contribution in [0.25, 0.3) is 0 Å². The van der Waals surface area contributed by atoms with Crippen molar-refractivity contribution < 1.29 is 28.8 Å². The number of esters is 2. The second kappa shape index (κ2) is 8.98. The highest BCUT2D eigenvalue weighted by molar-refractivity contribution is 5.98. The van der Waals surface area contributed by atoms with Gasteiger partial charge >= 0.3 is 11.9 Å². The minimum absolute atomic E-state index is 0.377. The molecule has 0 bridgehead atoms. The Hall–Kier alpha value is -3.42. The van der Waals surface area contributed by atoms with E-state index in [2.05, 4.69) is 19.9 Å². The summed E-state index contributed by atoms with van der Waals surface area (Å²) in [5, 5.41) is 2.62. The van der Waals surface area contributed by atoms with Crippen molar-refractivity contribution in [1.82, 2.24) is 0 Å². The van der Waals surface area contributed by atoms with Crippen molar-refractivity contribution in [2.45, 2.75) is 12.8 Å². The van der Waals surface area contributed by atoms with Gasteiger partial charge < -0.3 is 14.8 Å². The summed E-state index contributed by atoms with van der Waals surface area (Å²) >= 11 is 0. The number of aromatic nitrogens is 1. The molecule has 2 N–H and O–H groups in total. The van der Waals surface area contributed by atoms with Gasteiger partial charge in [0.15, 0.2) is 6.61 Å². The van der Waals surface area contributed by atoms with Gasteiger partial charge in [-0.3, -0.25) is 9.69 Å². The molecule has 0 unspecified atom stereocenters. The first kappa shape index (κ1) is 19.3. The molecule has 0 saturated carbocycles. The molecule has 3 rings (SSSR count). The number of nitrogens with one attached hydrogen (secondary N) is 2. The van der Waals surface area contributed by atoms with Crippen LogP contribution < -0.4 is 15.2 Å². The van der Waals surface area contributed by atoms with Crippen LogP contribution in [0.2, 0.25) is 0 Å². The number of aromatic amines is 1. The van der Waals surface area contributed by atoms with Crippen molar-refractivity contribution in [3.8, 4) is 0 Å². The van der Waals surface area contributed by atoms with Gasteiger partial charge in [-0.05, 0) is 49.2 Å². The molecule has 8 nitrogen and oxygen atoms in total. The number of anilines is 2. The maximum Gasteiger partial charge on any atom is 0.347 e. The zero-order valence-corrected chi connectivity index (χ0v) is 15.6. The summed E-state index contributed by atoms with van der Waals surface area (Å²) in [6.07, 6.45) is 3.91. The lowest BCUT2D eigenvalue weighted by atomic mass is 10.2. The number of rotatable bonds is 6. The minimum Gasteiger partial charge on any atom is -0.465 e. The molecule has 1 aliphatic rings. The first-order valence-electron chi connectivity index (χ1n) is 8.99. The van der Waals surface area contributed by atoms with E-state index in [1.807, 2.05) is 0 Å². The number of ether oxygens (including phenoxy) is 2. The lowest BCUT2D eigenvalue weighted by Gasteiger charge is -2.12. The van der Waals surface area contributed by atoms with Crippen LogP contribution in [-0.4, -0.2) is 44.7 Å². The van der Waals surface area contributed by atoms with Gasteiger partial charge in [-0.15, -0.1) is 0 Å². The van der Waals surface area contributed by atoms with Gasteiger partial charge in [0.1, 0.15) is 5.56 Å². The van der Waals surface area contributed by atoms with Gasteiger partial charge in [0, 0.05) is 5.69 Å². The summed E-state index contributed by atoms with van der Waals surface area (Å²) in [6.45, 7) is 1.34. The van der Waals surface area contributed by atoms with E-state index in [0.29, 0.717) is 22.6 Å². The summed E-state index contributed by atoms with van der Waals surface area (Å²) in [5.41, 5.74) is 1.26. The molecule has 8 heteroatoms. The summed E-state index contributed by atoms with van der Waals surface area (Å²) in [6, 6.07) is 9.62. The average Bonchev–Trinajstić information content (AvgIpc) is 3.27. The van der Waals surface area contributed by atoms with Crippen LogP contribution in [0.3, 0.4) is 0 Å². The zero-order valence-electron chi connectivity index (χ0n) is 15.6. The molecule has 2 heterocycles. The molecule has 1 aromatic carbocycles. The third-order valence-corrected chi connectivity index (χ3v) is 4.40. The largest absolute Gasteiger partial charge is 0.465 e. The Kier molecular flexibility index (Phi) is 6.21. The van der Waals surface area contributed by atoms with Crippen LogP contribution in [0.4, 0.5) is 11.5 Å². The SMILES string of the molecule is COC(=O)c1ccc(NC(=O)COC(=O)c2ccc[nH+]c2N2CCCC2)cc1. The quantitative estimate of drug-likeness (QED) is 0.761. The van der Waals surface area contributed by atoms with Crippen LogP contribution in [0.5, 0.6) is 0 Å². The summed E-state index contributed by atoms with van der Waals surface area (Å²) < 4.78 is 9.79. The third kappa shape index (κ3) is 4.64. The number of carbonyl (C=O) groups is 3. The molecule has 0 radical (unpaired) electrons. The van der Waals surface area contributed by atoms with E-state index in [4.69, 9.17) is 4.74 Å². The Bertz CT molecular complexity index is 860. The van der Waals surface area contributed by atoms with E-state index >= 15 is 0 Å². The van der Waals surface area contributed by atoms with Crippen LogP contribution in [0.15, 0.2) is 42.6 Å². The Balaban J connectivity index is 1.56. The van der Waals surface area contributed by atoms with E-state index in [9.17, 15) is 14.4 Å². The zero-order chi connectivity index (χ0) is 19.9. The highest BCUT2D eigenvalue weighted by atomic mass is 16.5. The van der Waals surface area contributed by atoms with Crippen molar-refractivity contribution in [3.05, 3.63) is 53.7 Å². The Morgan fingerprint density at radius 1 is 1.07 bits per heavy atom. The van der Waals surface area contributed by atoms with Crippen LogP contribution >= 0.6 is 0 Å². The summed E-state index contributed by atoms with van der Waals surface area (Å²) in [4.78, 5) is 41.1. The number of benzene rings is 1. The monoisotopic (exact) mass is 384 g/mol. The number of carbonyl (C=O) groups excluding carboxylic acids is 3. The summed E-state index contributed by atoms with van der Waals surface area (Å²) in [5.74, 6) is -0.777. The van der Waals surface area contributed by atoms with Crippen molar-refractivity contribution in [2.75, 3.05) is 37.0 Å². The second-order valence-corrected chi connectivity index (χ2v) is 6.32. The van der Waals surface area contributed by atoms with Gasteiger partial charge in [-0.25, -0.2) is 14.6 Å². The molecule has 2 aromatic rings. The maximum absolute atomic E-state index is 12.4. The number of nitrogens with zero attached hydrogens (tertiary/aromatic N) is 1. The second-order valence-electron chi connectivity index (χ2n) is 6.32. The van der Waals surface area contributed by atoms with Crippen LogP contribution in [0.1, 0.15) is 33.6 Å². The standard InChI is InChI=1S/C20H21N3O5/c1-27-19(25)14-6-8-15(9-7-14)22-17(24)13-28-20(26)16-5-4-10-21-18(16)23-11-2-3-12-23/h4-10H,2-3,11-13H2,1H3,(H,22,24)/p+1. The average molecular weight is 384 g/mol. The number of H-pyrrole nitrogens is 1. The predicted octanol–water partition coefficient (Wildman–Crippen LogP) is 1.68. The van der Waals surface area contributed by atoms with E-state index in [0.717, 1.165) is 25.9 Å². The smallest absolute Gasteiger partial charge is 0.347 e. The molecule has 0 atom stereocenters. The molecule has 1 saturated heterocycles. The lowest BCUT2D eigenvalue weighted by molar-refractivity contribution is -0.364. The van der Waals surface area contributed by atoms with Gasteiger partial charge in [0.05, 0.1) is 32.0 Å². The predicted molar refractivity (Wildman–Crippen MR) is 101 cm³/mol. The van der Waals surface area contributed by atoms with Crippen molar-refractivity contribution >= 4 is 29.4 Å². The fraction of sp³-hybridized carbons (Fsp3) is 0.300. The molecule has 0 spiro atoms. The molecule has 1 fully saturated rings. The Morgan fingerprint density at radius 2 is 1.79 bits per heavy atom. The topological polar surface area (TPSA) is 99.1 Å². The molecular formula is C20H22N3O5+. The van der Waals surface area contributed by atoms with Crippen molar-refractivity contribution in [2.24, 2.45) is 0 Å². The molecule has 146 valence electrons. The Labute approximate surface area is 162 Å². The van der Waals surface area contributed by atoms with E-state index in [1.54, 1.807) is 30.5 Å². The van der Waals surface area contributed by atoms with Gasteiger partial charge in [0.25, 0.3) is 11.7 Å². The fourth-order valence-electron chi connectivity index (χ4n) is 3.01. The van der Waals surface area contributed by atoms with Gasteiger partial charge in [-0.1, -0.05) is 0 Å². The third-order valence-electron chi connectivity index (χ3n) is 4.40. The van der Waals surface area contributed by atoms with Crippen LogP contribution in [0, 0.1) is 0 Å². The van der Waals surface area contributed by atoms with Gasteiger partial charge in [-0.2, -0.15) is 0 Å². The fourth-order valence-corrected chi connectivity index (χ4v) is 3.01. The number of amides is 1. The number of methoxy groups -OCH3 is 1. The van der Waals surface area contributed by atoms with E-state index < -0.39 is 24.5 Å². The summed E-state index contributed by atoms with van der Waals surface area (Å²) in [7, 11) is 1.30. The molecular weight excluding hydrogens is 362 g/mol. The van der Waals surface area contributed by atoms with E-state index in [1.165, 1.54) is 19.2 Å². The number of hydrogen-bond donors (Lipinski definition) is 1. The van der Waals surface area contributed by atoms with Crippen molar-refractivity contribution in [3.63, 3.8) is 0 Å². The lowest BCUT2D eigenvalue weighted by Crippen LogP contribution is -2.29. The number of hydrogen-bond acceptors (Lipinski definition) is 6. The molecule has 1 amide bonds. The molecule has 1 aliphatic heterocycles. The van der Waals surface area contributed by atoms with Gasteiger partial charge in [0.2, 0.25) is 0 Å². The highest BCUT2D eigenvalue weighted by Gasteiger charge is 2.27. The van der Waals surface area contributed by atoms with Crippen molar-refractivity contribution in [1.29, 1.82) is 0 Å². The van der Waals surface area contributed by atoms with E-state index in [-0.39, 0.29) is 0 Å². The molecule has 28 heavy (non-hydrogen) atoms. The number of pyridine rings is 1. The maximum atomic E-state index is 12.4. The molecule has 0 aliphatic carbocycles.